The van der Waals surface area contributed by atoms with E-state index in [4.69, 9.17) is 0 Å². The van der Waals surface area contributed by atoms with Crippen molar-refractivity contribution in [3.05, 3.63) is 59.2 Å². The molecular formula is C19H16F5N3O2. The first-order valence-corrected chi connectivity index (χ1v) is 8.68. The van der Waals surface area contributed by atoms with Gasteiger partial charge in [0.05, 0.1) is 17.7 Å². The summed E-state index contributed by atoms with van der Waals surface area (Å²) in [7, 11) is 0. The Labute approximate surface area is 162 Å². The first-order chi connectivity index (χ1) is 13.6. The Morgan fingerprint density at radius 1 is 1.14 bits per heavy atom. The summed E-state index contributed by atoms with van der Waals surface area (Å²) in [6.07, 6.45) is -3.53. The molecule has 2 aromatic rings. The van der Waals surface area contributed by atoms with E-state index in [9.17, 15) is 31.5 Å². The third kappa shape index (κ3) is 4.93. The molecule has 0 radical (unpaired) electrons. The Kier molecular flexibility index (Phi) is 5.63. The lowest BCUT2D eigenvalue weighted by atomic mass is 9.90. The van der Waals surface area contributed by atoms with Gasteiger partial charge in [-0.1, -0.05) is 18.2 Å². The van der Waals surface area contributed by atoms with Crippen LogP contribution in [-0.4, -0.2) is 34.6 Å². The number of hydrogen-bond donors (Lipinski definition) is 1. The second kappa shape index (κ2) is 7.84. The number of ketones is 1. The van der Waals surface area contributed by atoms with Crippen LogP contribution >= 0.6 is 0 Å². The summed E-state index contributed by atoms with van der Waals surface area (Å²) in [5, 5.41) is 1.80. The number of nitrogens with zero attached hydrogens (tertiary/aromatic N) is 2. The fourth-order valence-electron chi connectivity index (χ4n) is 2.98. The van der Waals surface area contributed by atoms with E-state index in [-0.39, 0.29) is 5.56 Å². The maximum atomic E-state index is 13.0. The molecule has 1 aliphatic rings. The van der Waals surface area contributed by atoms with Crippen molar-refractivity contribution in [2.24, 2.45) is 0 Å². The van der Waals surface area contributed by atoms with Crippen LogP contribution in [0.3, 0.4) is 0 Å². The van der Waals surface area contributed by atoms with Crippen LogP contribution in [0.1, 0.15) is 40.2 Å². The van der Waals surface area contributed by atoms with Gasteiger partial charge in [-0.25, -0.2) is 9.97 Å². The summed E-state index contributed by atoms with van der Waals surface area (Å²) in [5.74, 6) is -1.83. The maximum Gasteiger partial charge on any atom is 0.416 e. The second-order valence-electron chi connectivity index (χ2n) is 6.87. The van der Waals surface area contributed by atoms with Gasteiger partial charge in [0.15, 0.2) is 5.78 Å². The molecule has 1 aromatic heterocycles. The standard InChI is InChI=1S/C19H16F5N3O2/c20-16(21)17(29)27-10-14(28)11-8-25-15(26-9-11)7-18(4-5-18)12-2-1-3-13(6-12)19(22,23)24/h1-3,6,8-9,16H,4-5,7,10H2,(H,27,29). The topological polar surface area (TPSA) is 72.0 Å². The van der Waals surface area contributed by atoms with Crippen LogP contribution in [0.2, 0.25) is 0 Å². The average Bonchev–Trinajstić information content (AvgIpc) is 3.46. The molecule has 10 heteroatoms. The van der Waals surface area contributed by atoms with Crippen molar-refractivity contribution in [2.45, 2.75) is 37.3 Å². The number of rotatable bonds is 7. The van der Waals surface area contributed by atoms with Crippen LogP contribution < -0.4 is 5.32 Å². The molecule has 0 atom stereocenters. The molecule has 154 valence electrons. The van der Waals surface area contributed by atoms with Crippen molar-refractivity contribution >= 4 is 11.7 Å². The molecule has 3 rings (SSSR count). The van der Waals surface area contributed by atoms with Crippen molar-refractivity contribution in [3.63, 3.8) is 0 Å². The number of hydrogen-bond acceptors (Lipinski definition) is 4. The van der Waals surface area contributed by atoms with Gasteiger partial charge in [-0.3, -0.25) is 9.59 Å². The van der Waals surface area contributed by atoms with E-state index in [1.54, 1.807) is 11.4 Å². The number of nitrogens with one attached hydrogen (secondary N) is 1. The fourth-order valence-corrected chi connectivity index (χ4v) is 2.98. The summed E-state index contributed by atoms with van der Waals surface area (Å²) >= 11 is 0. The number of carbonyl (C=O) groups is 2. The van der Waals surface area contributed by atoms with E-state index in [1.165, 1.54) is 18.5 Å². The molecule has 0 aliphatic heterocycles. The molecule has 0 bridgehead atoms. The second-order valence-corrected chi connectivity index (χ2v) is 6.87. The van der Waals surface area contributed by atoms with Gasteiger partial charge in [0, 0.05) is 24.2 Å². The van der Waals surface area contributed by atoms with Crippen LogP contribution in [0.4, 0.5) is 22.0 Å². The highest BCUT2D eigenvalue weighted by molar-refractivity contribution is 5.99. The minimum atomic E-state index is -4.43. The van der Waals surface area contributed by atoms with Crippen LogP contribution in [0.5, 0.6) is 0 Å². The third-order valence-electron chi connectivity index (χ3n) is 4.80. The highest BCUT2D eigenvalue weighted by atomic mass is 19.4. The van der Waals surface area contributed by atoms with Crippen LogP contribution in [0.25, 0.3) is 0 Å². The summed E-state index contributed by atoms with van der Waals surface area (Å²) in [4.78, 5) is 30.8. The van der Waals surface area contributed by atoms with Crippen LogP contribution in [0.15, 0.2) is 36.7 Å². The summed E-state index contributed by atoms with van der Waals surface area (Å²) in [5.41, 5.74) is -0.593. The quantitative estimate of drug-likeness (QED) is 0.558. The van der Waals surface area contributed by atoms with Crippen molar-refractivity contribution in [2.75, 3.05) is 6.54 Å². The first-order valence-electron chi connectivity index (χ1n) is 8.68. The number of benzene rings is 1. The number of Topliss-reactive ketones (excluding diaryl/α,β-unsaturated/α-hetero) is 1. The SMILES string of the molecule is O=C(CNC(=O)C(F)F)c1cnc(CC2(c3cccc(C(F)(F)F)c3)CC2)nc1. The van der Waals surface area contributed by atoms with E-state index >= 15 is 0 Å². The normalized spacial score (nSPS) is 15.2. The number of alkyl halides is 5. The lowest BCUT2D eigenvalue weighted by Gasteiger charge is -2.17. The molecule has 1 saturated carbocycles. The lowest BCUT2D eigenvalue weighted by Crippen LogP contribution is -2.34. The van der Waals surface area contributed by atoms with E-state index in [0.717, 1.165) is 12.1 Å². The van der Waals surface area contributed by atoms with Gasteiger partial charge in [0.1, 0.15) is 5.82 Å². The van der Waals surface area contributed by atoms with E-state index in [0.29, 0.717) is 30.7 Å². The monoisotopic (exact) mass is 413 g/mol. The maximum absolute atomic E-state index is 13.0. The predicted molar refractivity (Wildman–Crippen MR) is 91.4 cm³/mol. The molecule has 5 nitrogen and oxygen atoms in total. The van der Waals surface area contributed by atoms with Gasteiger partial charge < -0.3 is 5.32 Å². The zero-order chi connectivity index (χ0) is 21.2. The van der Waals surface area contributed by atoms with Crippen molar-refractivity contribution in [1.82, 2.24) is 15.3 Å². The molecule has 1 amide bonds. The molecule has 0 spiro atoms. The van der Waals surface area contributed by atoms with Crippen molar-refractivity contribution < 1.29 is 31.5 Å². The number of halogens is 5. The Hall–Kier alpha value is -2.91. The van der Waals surface area contributed by atoms with Crippen molar-refractivity contribution in [3.8, 4) is 0 Å². The van der Waals surface area contributed by atoms with Gasteiger partial charge in [-0.2, -0.15) is 22.0 Å². The van der Waals surface area contributed by atoms with Crippen LogP contribution in [-0.2, 0) is 22.8 Å². The molecule has 1 aliphatic carbocycles. The number of aromatic nitrogens is 2. The van der Waals surface area contributed by atoms with Gasteiger partial charge in [0.25, 0.3) is 5.91 Å². The molecule has 29 heavy (non-hydrogen) atoms. The highest BCUT2D eigenvalue weighted by Crippen LogP contribution is 2.51. The Morgan fingerprint density at radius 3 is 2.34 bits per heavy atom. The largest absolute Gasteiger partial charge is 0.416 e. The van der Waals surface area contributed by atoms with Gasteiger partial charge >= 0.3 is 12.6 Å². The highest BCUT2D eigenvalue weighted by Gasteiger charge is 2.45. The molecule has 1 heterocycles. The summed E-state index contributed by atoms with van der Waals surface area (Å²) in [6.45, 7) is -0.611. The van der Waals surface area contributed by atoms with E-state index in [2.05, 4.69) is 9.97 Å². The van der Waals surface area contributed by atoms with Crippen molar-refractivity contribution in [1.29, 1.82) is 0 Å². The summed E-state index contributed by atoms with van der Waals surface area (Å²) in [6, 6.07) is 5.17. The Balaban J connectivity index is 1.67. The smallest absolute Gasteiger partial charge is 0.344 e. The summed E-state index contributed by atoms with van der Waals surface area (Å²) < 4.78 is 63.1. The molecule has 1 N–H and O–H groups in total. The van der Waals surface area contributed by atoms with Gasteiger partial charge in [-0.05, 0) is 24.5 Å². The number of amides is 1. The van der Waals surface area contributed by atoms with E-state index in [1.807, 2.05) is 0 Å². The van der Waals surface area contributed by atoms with Gasteiger partial charge in [0.2, 0.25) is 0 Å². The molecule has 0 saturated heterocycles. The zero-order valence-electron chi connectivity index (χ0n) is 15.0. The minimum absolute atomic E-state index is 0.0345. The lowest BCUT2D eigenvalue weighted by molar-refractivity contribution is -0.137. The molecule has 1 fully saturated rings. The first kappa shape index (κ1) is 20.8. The zero-order valence-corrected chi connectivity index (χ0v) is 15.0. The fraction of sp³-hybridized carbons (Fsp3) is 0.368. The molecule has 0 unspecified atom stereocenters. The number of carbonyl (C=O) groups excluding carboxylic acids is 2. The Morgan fingerprint density at radius 2 is 1.79 bits per heavy atom. The van der Waals surface area contributed by atoms with Gasteiger partial charge in [-0.15, -0.1) is 0 Å². The molecular weight excluding hydrogens is 397 g/mol. The predicted octanol–water partition coefficient (Wildman–Crippen LogP) is 3.33. The average molecular weight is 413 g/mol. The van der Waals surface area contributed by atoms with Crippen LogP contribution in [0, 0.1) is 0 Å². The Bertz CT molecular complexity index is 909. The minimum Gasteiger partial charge on any atom is -0.344 e. The van der Waals surface area contributed by atoms with E-state index < -0.39 is 41.8 Å². The third-order valence-corrected chi connectivity index (χ3v) is 4.80. The molecule has 1 aromatic carbocycles.